The quantitative estimate of drug-likeness (QED) is 0.220. The maximum Gasteiger partial charge on any atom is 0.193 e. The van der Waals surface area contributed by atoms with Crippen LogP contribution in [0.15, 0.2) is 17.6 Å². The summed E-state index contributed by atoms with van der Waals surface area (Å²) in [6.45, 7) is 6.60. The summed E-state index contributed by atoms with van der Waals surface area (Å²) in [7, 11) is 0.713. The van der Waals surface area contributed by atoms with Gasteiger partial charge in [-0.2, -0.15) is 0 Å². The first-order valence-corrected chi connectivity index (χ1v) is 8.02. The second-order valence-electron chi connectivity index (χ2n) is 4.06. The molecule has 0 aromatic heterocycles. The molecular weight excluding hydrogens is 377 g/mol. The lowest BCUT2D eigenvalue weighted by Crippen LogP contribution is -2.41. The van der Waals surface area contributed by atoms with Gasteiger partial charge in [-0.1, -0.05) is 13.0 Å². The second-order valence-corrected chi connectivity index (χ2v) is 6.54. The number of rotatable bonds is 8. The lowest BCUT2D eigenvalue weighted by atomic mass is 10.3. The third-order valence-electron chi connectivity index (χ3n) is 2.61. The number of allylic oxidation sites excluding steroid dienone is 1. The molecule has 0 atom stereocenters. The number of hydrogen-bond donors (Lipinski definition) is 1. The summed E-state index contributed by atoms with van der Waals surface area (Å²) in [4.78, 5) is 6.11. The van der Waals surface area contributed by atoms with Crippen molar-refractivity contribution in [3.63, 3.8) is 0 Å². The van der Waals surface area contributed by atoms with Gasteiger partial charge in [-0.15, -0.1) is 30.6 Å². The Morgan fingerprint density at radius 1 is 1.47 bits per heavy atom. The van der Waals surface area contributed by atoms with Crippen LogP contribution in [0.2, 0.25) is 0 Å². The lowest BCUT2D eigenvalue weighted by Gasteiger charge is -2.21. The number of halogens is 1. The molecule has 7 heteroatoms. The van der Waals surface area contributed by atoms with Crippen LogP contribution in [0.1, 0.15) is 19.8 Å². The molecule has 0 radical (unpaired) electrons. The van der Waals surface area contributed by atoms with E-state index in [9.17, 15) is 8.42 Å². The van der Waals surface area contributed by atoms with Crippen molar-refractivity contribution in [2.24, 2.45) is 4.99 Å². The molecule has 0 aliphatic carbocycles. The maximum absolute atomic E-state index is 11.3. The van der Waals surface area contributed by atoms with Crippen molar-refractivity contribution in [2.45, 2.75) is 19.8 Å². The highest BCUT2D eigenvalue weighted by molar-refractivity contribution is 14.0. The average Bonchev–Trinajstić information content (AvgIpc) is 2.34. The minimum atomic E-state index is -2.92. The molecule has 0 rings (SSSR count). The Kier molecular flexibility index (Phi) is 12.7. The van der Waals surface area contributed by atoms with E-state index in [0.717, 1.165) is 25.3 Å². The van der Waals surface area contributed by atoms with Gasteiger partial charge in [0.15, 0.2) is 15.8 Å². The van der Waals surface area contributed by atoms with Crippen LogP contribution >= 0.6 is 24.0 Å². The summed E-state index contributed by atoms with van der Waals surface area (Å²) in [5.74, 6) is 1.05. The normalized spacial score (nSPS) is 11.6. The highest BCUT2D eigenvalue weighted by Gasteiger charge is 2.09. The number of guanidine groups is 1. The van der Waals surface area contributed by atoms with Crippen molar-refractivity contribution in [2.75, 3.05) is 38.7 Å². The highest BCUT2D eigenvalue weighted by Crippen LogP contribution is 1.94. The fraction of sp³-hybridized carbons (Fsp3) is 0.750. The molecule has 0 heterocycles. The minimum Gasteiger partial charge on any atom is -0.355 e. The van der Waals surface area contributed by atoms with Crippen LogP contribution in [0, 0.1) is 0 Å². The van der Waals surface area contributed by atoms with E-state index in [1.54, 1.807) is 14.0 Å². The smallest absolute Gasteiger partial charge is 0.193 e. The van der Waals surface area contributed by atoms with E-state index in [2.05, 4.69) is 16.9 Å². The van der Waals surface area contributed by atoms with Crippen molar-refractivity contribution in [3.05, 3.63) is 12.7 Å². The first-order valence-electron chi connectivity index (χ1n) is 6.20. The number of unbranched alkanes of at least 4 members (excludes halogenated alkanes) is 1. The van der Waals surface area contributed by atoms with Gasteiger partial charge >= 0.3 is 0 Å². The van der Waals surface area contributed by atoms with Gasteiger partial charge in [0.1, 0.15) is 0 Å². The molecule has 114 valence electrons. The van der Waals surface area contributed by atoms with E-state index >= 15 is 0 Å². The molecule has 0 fully saturated rings. The number of aliphatic imine (C=N–C) groups is 1. The molecule has 0 spiro atoms. The Morgan fingerprint density at radius 2 is 2.11 bits per heavy atom. The van der Waals surface area contributed by atoms with Crippen LogP contribution in [0.4, 0.5) is 0 Å². The first-order chi connectivity index (χ1) is 8.46. The molecular formula is C12H26IN3O2S. The monoisotopic (exact) mass is 403 g/mol. The van der Waals surface area contributed by atoms with Gasteiger partial charge in [-0.25, -0.2) is 8.42 Å². The fourth-order valence-corrected chi connectivity index (χ4v) is 2.13. The SMILES string of the molecule is C=CCCCN(C)C(=NC)NCCS(=O)(=O)CC.I. The van der Waals surface area contributed by atoms with Gasteiger partial charge < -0.3 is 10.2 Å². The van der Waals surface area contributed by atoms with Crippen molar-refractivity contribution < 1.29 is 8.42 Å². The molecule has 0 saturated carbocycles. The van der Waals surface area contributed by atoms with Gasteiger partial charge in [0.25, 0.3) is 0 Å². The van der Waals surface area contributed by atoms with Crippen molar-refractivity contribution in [1.29, 1.82) is 0 Å². The maximum atomic E-state index is 11.3. The van der Waals surface area contributed by atoms with Crippen LogP contribution in [0.25, 0.3) is 0 Å². The Morgan fingerprint density at radius 3 is 2.58 bits per heavy atom. The Bertz CT molecular complexity index is 369. The van der Waals surface area contributed by atoms with Gasteiger partial charge in [0.05, 0.1) is 5.75 Å². The second kappa shape index (κ2) is 11.5. The van der Waals surface area contributed by atoms with Crippen molar-refractivity contribution >= 4 is 39.8 Å². The topological polar surface area (TPSA) is 61.8 Å². The zero-order valence-corrected chi connectivity index (χ0v) is 15.2. The van der Waals surface area contributed by atoms with Crippen LogP contribution in [0.3, 0.4) is 0 Å². The van der Waals surface area contributed by atoms with Gasteiger partial charge in [0, 0.05) is 32.9 Å². The summed E-state index contributed by atoms with van der Waals surface area (Å²) < 4.78 is 22.7. The predicted octanol–water partition coefficient (Wildman–Crippen LogP) is 1.51. The third-order valence-corrected chi connectivity index (χ3v) is 4.32. The minimum absolute atomic E-state index is 0. The van der Waals surface area contributed by atoms with Crippen LogP contribution in [0.5, 0.6) is 0 Å². The Labute approximate surface area is 134 Å². The Balaban J connectivity index is 0. The van der Waals surface area contributed by atoms with E-state index < -0.39 is 9.84 Å². The highest BCUT2D eigenvalue weighted by atomic mass is 127. The standard InChI is InChI=1S/C12H25N3O2S.HI/c1-5-7-8-10-15(4)12(13-3)14-9-11-18(16,17)6-2;/h5H,1,6-11H2,2-4H3,(H,13,14);1H. The molecule has 0 aromatic carbocycles. The largest absolute Gasteiger partial charge is 0.355 e. The summed E-state index contributed by atoms with van der Waals surface area (Å²) in [6, 6.07) is 0. The van der Waals surface area contributed by atoms with E-state index in [4.69, 9.17) is 0 Å². The van der Waals surface area contributed by atoms with Crippen LogP contribution < -0.4 is 5.32 Å². The van der Waals surface area contributed by atoms with Crippen molar-refractivity contribution in [3.8, 4) is 0 Å². The summed E-state index contributed by atoms with van der Waals surface area (Å²) >= 11 is 0. The zero-order chi connectivity index (χ0) is 14.0. The summed E-state index contributed by atoms with van der Waals surface area (Å²) in [6.07, 6.45) is 3.86. The van der Waals surface area contributed by atoms with E-state index in [1.807, 2.05) is 18.0 Å². The number of hydrogen-bond acceptors (Lipinski definition) is 3. The van der Waals surface area contributed by atoms with Crippen LogP contribution in [-0.4, -0.2) is 58.0 Å². The fourth-order valence-electron chi connectivity index (χ4n) is 1.43. The van der Waals surface area contributed by atoms with E-state index in [1.165, 1.54) is 0 Å². The van der Waals surface area contributed by atoms with Gasteiger partial charge in [-0.05, 0) is 12.8 Å². The average molecular weight is 403 g/mol. The summed E-state index contributed by atoms with van der Waals surface area (Å²) in [5, 5.41) is 3.06. The molecule has 0 aromatic rings. The molecule has 5 nitrogen and oxygen atoms in total. The third kappa shape index (κ3) is 10.2. The molecule has 0 amide bonds. The predicted molar refractivity (Wildman–Crippen MR) is 93.2 cm³/mol. The Hall–Kier alpha value is -0.310. The molecule has 0 unspecified atom stereocenters. The van der Waals surface area contributed by atoms with E-state index in [-0.39, 0.29) is 35.5 Å². The van der Waals surface area contributed by atoms with Crippen molar-refractivity contribution in [1.82, 2.24) is 10.2 Å². The summed E-state index contributed by atoms with van der Waals surface area (Å²) in [5.41, 5.74) is 0. The van der Waals surface area contributed by atoms with Gasteiger partial charge in [-0.3, -0.25) is 4.99 Å². The first kappa shape index (κ1) is 21.0. The molecule has 0 aliphatic heterocycles. The number of nitrogens with one attached hydrogen (secondary N) is 1. The molecule has 0 saturated heterocycles. The zero-order valence-electron chi connectivity index (χ0n) is 12.1. The lowest BCUT2D eigenvalue weighted by molar-refractivity contribution is 0.471. The number of sulfone groups is 1. The molecule has 1 N–H and O–H groups in total. The molecule has 0 aliphatic rings. The molecule has 0 bridgehead atoms. The number of nitrogens with zero attached hydrogens (tertiary/aromatic N) is 2. The van der Waals surface area contributed by atoms with Crippen LogP contribution in [-0.2, 0) is 9.84 Å². The molecule has 19 heavy (non-hydrogen) atoms. The van der Waals surface area contributed by atoms with Gasteiger partial charge in [0.2, 0.25) is 0 Å². The van der Waals surface area contributed by atoms with E-state index in [0.29, 0.717) is 6.54 Å².